The molecule has 1 aliphatic heterocycles. The molecule has 4 heteroatoms. The summed E-state index contributed by atoms with van der Waals surface area (Å²) in [7, 11) is 0. The third kappa shape index (κ3) is 2.13. The van der Waals surface area contributed by atoms with Gasteiger partial charge in [0.15, 0.2) is 0 Å². The fourth-order valence-electron chi connectivity index (χ4n) is 2.69. The molecule has 21 heavy (non-hydrogen) atoms. The minimum absolute atomic E-state index is 0.0747. The molecular formula is C17H15ClO3. The second-order valence-corrected chi connectivity index (χ2v) is 5.48. The molecule has 2 aromatic rings. The topological polar surface area (TPSA) is 46.5 Å². The molecule has 1 aliphatic rings. The number of carbonyl (C=O) groups is 1. The van der Waals surface area contributed by atoms with Gasteiger partial charge in [0.25, 0.3) is 5.79 Å². The first kappa shape index (κ1) is 14.1. The van der Waals surface area contributed by atoms with Gasteiger partial charge in [-0.25, -0.2) is 4.79 Å². The summed E-state index contributed by atoms with van der Waals surface area (Å²) in [5.41, 5.74) is 0.847. The summed E-state index contributed by atoms with van der Waals surface area (Å²) in [5, 5.41) is 12.7. The number of benzene rings is 2. The van der Waals surface area contributed by atoms with Crippen LogP contribution < -0.4 is 0 Å². The van der Waals surface area contributed by atoms with Crippen LogP contribution in [0.1, 0.15) is 25.3 Å². The van der Waals surface area contributed by atoms with E-state index in [-0.39, 0.29) is 5.03 Å². The van der Waals surface area contributed by atoms with Crippen LogP contribution >= 0.6 is 11.6 Å². The maximum atomic E-state index is 12.0. The molecule has 1 atom stereocenters. The Morgan fingerprint density at radius 1 is 1.19 bits per heavy atom. The quantitative estimate of drug-likeness (QED) is 0.876. The molecule has 0 aromatic heterocycles. The molecule has 2 aromatic carbocycles. The summed E-state index contributed by atoms with van der Waals surface area (Å²) in [6.07, 6.45) is 1.25. The van der Waals surface area contributed by atoms with Gasteiger partial charge in [-0.1, -0.05) is 67.4 Å². The summed E-state index contributed by atoms with van der Waals surface area (Å²) in [4.78, 5) is 12.0. The van der Waals surface area contributed by atoms with Crippen LogP contribution in [0.2, 0.25) is 0 Å². The first-order chi connectivity index (χ1) is 10.1. The normalized spacial score (nSPS) is 22.0. The Hall–Kier alpha value is -1.84. The van der Waals surface area contributed by atoms with Gasteiger partial charge < -0.3 is 9.84 Å². The summed E-state index contributed by atoms with van der Waals surface area (Å²) >= 11 is 6.28. The van der Waals surface area contributed by atoms with Crippen molar-refractivity contribution < 1.29 is 14.6 Å². The van der Waals surface area contributed by atoms with Crippen molar-refractivity contribution in [2.24, 2.45) is 0 Å². The Labute approximate surface area is 127 Å². The first-order valence-corrected chi connectivity index (χ1v) is 7.28. The van der Waals surface area contributed by atoms with Gasteiger partial charge in [0.05, 0.1) is 5.57 Å². The summed E-state index contributed by atoms with van der Waals surface area (Å²) < 4.78 is 5.23. The van der Waals surface area contributed by atoms with E-state index in [2.05, 4.69) is 0 Å². The molecular weight excluding hydrogens is 288 g/mol. The molecule has 0 radical (unpaired) electrons. The summed E-state index contributed by atoms with van der Waals surface area (Å²) in [6, 6.07) is 13.1. The van der Waals surface area contributed by atoms with Gasteiger partial charge in [-0.05, 0) is 17.2 Å². The van der Waals surface area contributed by atoms with Crippen LogP contribution in [0.5, 0.6) is 0 Å². The van der Waals surface area contributed by atoms with Crippen LogP contribution in [0.4, 0.5) is 0 Å². The van der Waals surface area contributed by atoms with Crippen molar-refractivity contribution in [3.05, 3.63) is 58.6 Å². The molecule has 0 saturated carbocycles. The van der Waals surface area contributed by atoms with E-state index in [0.29, 0.717) is 17.6 Å². The highest BCUT2D eigenvalue weighted by atomic mass is 35.5. The highest BCUT2D eigenvalue weighted by Gasteiger charge is 2.47. The van der Waals surface area contributed by atoms with Crippen molar-refractivity contribution >= 4 is 28.3 Å². The molecule has 0 fully saturated rings. The number of rotatable bonds is 3. The molecule has 0 spiro atoms. The van der Waals surface area contributed by atoms with Gasteiger partial charge >= 0.3 is 5.97 Å². The van der Waals surface area contributed by atoms with Crippen LogP contribution in [0.25, 0.3) is 10.8 Å². The van der Waals surface area contributed by atoms with E-state index in [9.17, 15) is 9.90 Å². The van der Waals surface area contributed by atoms with E-state index in [1.165, 1.54) is 0 Å². The zero-order chi connectivity index (χ0) is 15.0. The third-order valence-electron chi connectivity index (χ3n) is 3.70. The Kier molecular flexibility index (Phi) is 3.47. The van der Waals surface area contributed by atoms with E-state index in [1.807, 2.05) is 43.3 Å². The van der Waals surface area contributed by atoms with E-state index in [1.54, 1.807) is 6.07 Å². The molecule has 0 saturated heterocycles. The molecule has 3 rings (SSSR count). The van der Waals surface area contributed by atoms with Gasteiger partial charge in [-0.2, -0.15) is 0 Å². The Bertz CT molecular complexity index is 745. The van der Waals surface area contributed by atoms with Crippen LogP contribution in [0.3, 0.4) is 0 Å². The van der Waals surface area contributed by atoms with Crippen molar-refractivity contribution in [1.82, 2.24) is 0 Å². The Morgan fingerprint density at radius 3 is 2.67 bits per heavy atom. The van der Waals surface area contributed by atoms with Crippen molar-refractivity contribution in [2.75, 3.05) is 0 Å². The fraction of sp³-hybridized carbons (Fsp3) is 0.235. The number of halogens is 1. The highest BCUT2D eigenvalue weighted by Crippen LogP contribution is 2.44. The lowest BCUT2D eigenvalue weighted by Crippen LogP contribution is -2.27. The predicted molar refractivity (Wildman–Crippen MR) is 81.7 cm³/mol. The highest BCUT2D eigenvalue weighted by molar-refractivity contribution is 6.33. The molecule has 1 N–H and O–H groups in total. The van der Waals surface area contributed by atoms with Crippen molar-refractivity contribution in [1.29, 1.82) is 0 Å². The monoisotopic (exact) mass is 302 g/mol. The second kappa shape index (κ2) is 5.17. The zero-order valence-electron chi connectivity index (χ0n) is 11.6. The lowest BCUT2D eigenvalue weighted by atomic mass is 9.96. The summed E-state index contributed by atoms with van der Waals surface area (Å²) in [6.45, 7) is 1.94. The maximum absolute atomic E-state index is 12.0. The van der Waals surface area contributed by atoms with Crippen LogP contribution in [-0.4, -0.2) is 11.1 Å². The fourth-order valence-corrected chi connectivity index (χ4v) is 3.00. The Balaban J connectivity index is 2.21. The average molecular weight is 303 g/mol. The number of aliphatic hydroxyl groups is 1. The van der Waals surface area contributed by atoms with Gasteiger partial charge in [-0.15, -0.1) is 0 Å². The van der Waals surface area contributed by atoms with Gasteiger partial charge in [0, 0.05) is 5.56 Å². The minimum atomic E-state index is -1.88. The number of ether oxygens (including phenoxy) is 1. The molecule has 1 heterocycles. The lowest BCUT2D eigenvalue weighted by Gasteiger charge is -2.23. The smallest absolute Gasteiger partial charge is 0.338 e. The second-order valence-electron chi connectivity index (χ2n) is 5.10. The Morgan fingerprint density at radius 2 is 1.90 bits per heavy atom. The molecule has 0 aliphatic carbocycles. The van der Waals surface area contributed by atoms with Crippen molar-refractivity contribution in [2.45, 2.75) is 25.6 Å². The van der Waals surface area contributed by atoms with Crippen LogP contribution in [-0.2, 0) is 15.3 Å². The predicted octanol–water partition coefficient (Wildman–Crippen LogP) is 3.83. The number of hydrogen-bond donors (Lipinski definition) is 1. The van der Waals surface area contributed by atoms with E-state index in [4.69, 9.17) is 16.3 Å². The van der Waals surface area contributed by atoms with Gasteiger partial charge in [0.2, 0.25) is 0 Å². The standard InChI is InChI=1S/C17H15ClO3/c1-2-6-13-15(18)17(20,21-16(13)19)14-10-5-8-11-7-3-4-9-12(11)14/h3-5,7-10,20H,2,6H2,1H3. The third-order valence-corrected chi connectivity index (χ3v) is 4.19. The number of cyclic esters (lactones) is 1. The van der Waals surface area contributed by atoms with E-state index < -0.39 is 11.8 Å². The molecule has 108 valence electrons. The van der Waals surface area contributed by atoms with Gasteiger partial charge in [-0.3, -0.25) is 0 Å². The van der Waals surface area contributed by atoms with Gasteiger partial charge in [0.1, 0.15) is 5.03 Å². The average Bonchev–Trinajstić information content (AvgIpc) is 2.71. The van der Waals surface area contributed by atoms with Crippen LogP contribution in [0.15, 0.2) is 53.1 Å². The first-order valence-electron chi connectivity index (χ1n) is 6.91. The largest absolute Gasteiger partial charge is 0.420 e. The number of carbonyl (C=O) groups excluding carboxylic acids is 1. The van der Waals surface area contributed by atoms with Crippen LogP contribution in [0, 0.1) is 0 Å². The minimum Gasteiger partial charge on any atom is -0.420 e. The summed E-state index contributed by atoms with van der Waals surface area (Å²) in [5.74, 6) is -2.43. The molecule has 0 amide bonds. The number of esters is 1. The molecule has 0 bridgehead atoms. The van der Waals surface area contributed by atoms with E-state index >= 15 is 0 Å². The molecule has 1 unspecified atom stereocenters. The number of fused-ring (bicyclic) bond motifs is 1. The zero-order valence-corrected chi connectivity index (χ0v) is 12.4. The molecule has 3 nitrogen and oxygen atoms in total. The lowest BCUT2D eigenvalue weighted by molar-refractivity contribution is -0.183. The van der Waals surface area contributed by atoms with E-state index in [0.717, 1.165) is 17.2 Å². The van der Waals surface area contributed by atoms with Crippen molar-refractivity contribution in [3.8, 4) is 0 Å². The SMILES string of the molecule is CCCC1=C(Cl)C(O)(c2cccc3ccccc23)OC1=O. The van der Waals surface area contributed by atoms with Crippen molar-refractivity contribution in [3.63, 3.8) is 0 Å². The number of hydrogen-bond acceptors (Lipinski definition) is 3. The maximum Gasteiger partial charge on any atom is 0.338 e.